The summed E-state index contributed by atoms with van der Waals surface area (Å²) in [5, 5.41) is 1.76. The van der Waals surface area contributed by atoms with Crippen LogP contribution >= 0.6 is 0 Å². The summed E-state index contributed by atoms with van der Waals surface area (Å²) in [5.74, 6) is 1.10. The van der Waals surface area contributed by atoms with Crippen LogP contribution in [0.4, 0.5) is 5.69 Å². The van der Waals surface area contributed by atoms with Crippen molar-refractivity contribution in [2.75, 3.05) is 34.2 Å². The SMILES string of the molecule is COc1cc2ccnc(CC(OC)OC)c2c(N)c1OC. The van der Waals surface area contributed by atoms with Gasteiger partial charge in [-0.15, -0.1) is 0 Å². The van der Waals surface area contributed by atoms with E-state index in [1.54, 1.807) is 34.6 Å². The molecule has 1 aromatic carbocycles. The lowest BCUT2D eigenvalue weighted by molar-refractivity contribution is -0.101. The van der Waals surface area contributed by atoms with Crippen molar-refractivity contribution < 1.29 is 18.9 Å². The van der Waals surface area contributed by atoms with Gasteiger partial charge in [0.2, 0.25) is 0 Å². The first kappa shape index (κ1) is 15.3. The van der Waals surface area contributed by atoms with Crippen LogP contribution < -0.4 is 15.2 Å². The van der Waals surface area contributed by atoms with E-state index in [2.05, 4.69) is 4.98 Å². The molecule has 6 nitrogen and oxygen atoms in total. The van der Waals surface area contributed by atoms with E-state index in [0.29, 0.717) is 23.6 Å². The molecule has 0 bridgehead atoms. The van der Waals surface area contributed by atoms with E-state index in [4.69, 9.17) is 24.7 Å². The molecular formula is C15H20N2O4. The van der Waals surface area contributed by atoms with E-state index in [1.807, 2.05) is 12.1 Å². The smallest absolute Gasteiger partial charge is 0.184 e. The van der Waals surface area contributed by atoms with Crippen molar-refractivity contribution in [2.24, 2.45) is 0 Å². The fourth-order valence-corrected chi connectivity index (χ4v) is 2.34. The van der Waals surface area contributed by atoms with E-state index in [9.17, 15) is 0 Å². The summed E-state index contributed by atoms with van der Waals surface area (Å²) in [6, 6.07) is 3.76. The van der Waals surface area contributed by atoms with Crippen LogP contribution in [0.15, 0.2) is 18.3 Å². The lowest BCUT2D eigenvalue weighted by Gasteiger charge is -2.17. The number of pyridine rings is 1. The molecule has 1 aromatic heterocycles. The van der Waals surface area contributed by atoms with Gasteiger partial charge in [0.05, 0.1) is 25.6 Å². The van der Waals surface area contributed by atoms with Gasteiger partial charge < -0.3 is 24.7 Å². The molecule has 0 saturated heterocycles. The third-order valence-electron chi connectivity index (χ3n) is 3.40. The molecule has 0 aliphatic carbocycles. The summed E-state index contributed by atoms with van der Waals surface area (Å²) in [4.78, 5) is 4.40. The predicted molar refractivity (Wildman–Crippen MR) is 80.8 cm³/mol. The Bertz CT molecular complexity index is 627. The first-order valence-electron chi connectivity index (χ1n) is 6.49. The van der Waals surface area contributed by atoms with E-state index in [1.165, 1.54) is 0 Å². The lowest BCUT2D eigenvalue weighted by Crippen LogP contribution is -2.17. The molecule has 0 atom stereocenters. The molecule has 0 amide bonds. The summed E-state index contributed by atoms with van der Waals surface area (Å²) >= 11 is 0. The molecule has 1 heterocycles. The highest BCUT2D eigenvalue weighted by molar-refractivity contribution is 5.99. The van der Waals surface area contributed by atoms with E-state index in [-0.39, 0.29) is 6.29 Å². The molecule has 0 aliphatic rings. The Labute approximate surface area is 123 Å². The third kappa shape index (κ3) is 2.86. The molecule has 2 aromatic rings. The Hall–Kier alpha value is -2.05. The summed E-state index contributed by atoms with van der Waals surface area (Å²) in [7, 11) is 6.32. The minimum absolute atomic E-state index is 0.379. The summed E-state index contributed by atoms with van der Waals surface area (Å²) < 4.78 is 21.1. The van der Waals surface area contributed by atoms with E-state index in [0.717, 1.165) is 16.5 Å². The Kier molecular flexibility index (Phi) is 4.82. The first-order valence-corrected chi connectivity index (χ1v) is 6.49. The summed E-state index contributed by atoms with van der Waals surface area (Å²) in [6.45, 7) is 0. The Morgan fingerprint density at radius 3 is 2.43 bits per heavy atom. The van der Waals surface area contributed by atoms with Crippen LogP contribution in [-0.4, -0.2) is 39.7 Å². The number of ether oxygens (including phenoxy) is 4. The van der Waals surface area contributed by atoms with Gasteiger partial charge in [-0.05, 0) is 17.5 Å². The highest BCUT2D eigenvalue weighted by atomic mass is 16.7. The molecule has 114 valence electrons. The normalized spacial score (nSPS) is 11.1. The second kappa shape index (κ2) is 6.60. The number of fused-ring (bicyclic) bond motifs is 1. The molecule has 2 rings (SSSR count). The van der Waals surface area contributed by atoms with Gasteiger partial charge in [-0.25, -0.2) is 0 Å². The third-order valence-corrected chi connectivity index (χ3v) is 3.40. The first-order chi connectivity index (χ1) is 10.2. The van der Waals surface area contributed by atoms with Crippen molar-refractivity contribution >= 4 is 16.5 Å². The second-order valence-electron chi connectivity index (χ2n) is 4.49. The van der Waals surface area contributed by atoms with Crippen LogP contribution in [-0.2, 0) is 15.9 Å². The standard InChI is InChI=1S/C15H20N2O4/c1-18-11-7-9-5-6-17-10(8-12(19-2)20-3)13(9)14(16)15(11)21-4/h5-7,12H,8,16H2,1-4H3. The molecule has 2 N–H and O–H groups in total. The van der Waals surface area contributed by atoms with Crippen LogP contribution in [0, 0.1) is 0 Å². The van der Waals surface area contributed by atoms with Crippen LogP contribution in [0.25, 0.3) is 10.8 Å². The number of aromatic nitrogens is 1. The molecule has 0 fully saturated rings. The van der Waals surface area contributed by atoms with Crippen LogP contribution in [0.5, 0.6) is 11.5 Å². The molecule has 0 aliphatic heterocycles. The number of nitrogen functional groups attached to an aromatic ring is 1. The van der Waals surface area contributed by atoms with Crippen molar-refractivity contribution in [3.05, 3.63) is 24.0 Å². The molecule has 6 heteroatoms. The molecule has 0 spiro atoms. The van der Waals surface area contributed by atoms with E-state index >= 15 is 0 Å². The van der Waals surface area contributed by atoms with Crippen molar-refractivity contribution in [3.63, 3.8) is 0 Å². The molecule has 0 radical (unpaired) electrons. The van der Waals surface area contributed by atoms with Gasteiger partial charge in [-0.1, -0.05) is 0 Å². The zero-order valence-corrected chi connectivity index (χ0v) is 12.7. The average molecular weight is 292 g/mol. The largest absolute Gasteiger partial charge is 0.493 e. The van der Waals surface area contributed by atoms with Gasteiger partial charge in [0, 0.05) is 32.2 Å². The van der Waals surface area contributed by atoms with Gasteiger partial charge in [-0.2, -0.15) is 0 Å². The predicted octanol–water partition coefficient (Wildman–Crippen LogP) is 2.00. The molecule has 21 heavy (non-hydrogen) atoms. The van der Waals surface area contributed by atoms with Crippen LogP contribution in [0.1, 0.15) is 5.69 Å². The number of methoxy groups -OCH3 is 4. The van der Waals surface area contributed by atoms with Crippen LogP contribution in [0.3, 0.4) is 0 Å². The summed E-state index contributed by atoms with van der Waals surface area (Å²) in [6.07, 6.45) is 1.84. The monoisotopic (exact) mass is 292 g/mol. The van der Waals surface area contributed by atoms with Crippen molar-refractivity contribution in [1.29, 1.82) is 0 Å². The zero-order chi connectivity index (χ0) is 15.4. The quantitative estimate of drug-likeness (QED) is 0.648. The second-order valence-corrected chi connectivity index (χ2v) is 4.49. The highest BCUT2D eigenvalue weighted by Gasteiger charge is 2.18. The number of rotatable bonds is 6. The summed E-state index contributed by atoms with van der Waals surface area (Å²) in [5.41, 5.74) is 7.53. The van der Waals surface area contributed by atoms with Gasteiger partial charge in [-0.3, -0.25) is 4.98 Å². The maximum Gasteiger partial charge on any atom is 0.184 e. The highest BCUT2D eigenvalue weighted by Crippen LogP contribution is 2.40. The fourth-order valence-electron chi connectivity index (χ4n) is 2.34. The zero-order valence-electron chi connectivity index (χ0n) is 12.7. The Balaban J connectivity index is 2.62. The molecular weight excluding hydrogens is 272 g/mol. The number of benzene rings is 1. The minimum Gasteiger partial charge on any atom is -0.493 e. The van der Waals surface area contributed by atoms with Crippen LogP contribution in [0.2, 0.25) is 0 Å². The maximum atomic E-state index is 6.24. The van der Waals surface area contributed by atoms with Crippen molar-refractivity contribution in [2.45, 2.75) is 12.7 Å². The van der Waals surface area contributed by atoms with Crippen molar-refractivity contribution in [3.8, 4) is 11.5 Å². The van der Waals surface area contributed by atoms with Gasteiger partial charge in [0.1, 0.15) is 0 Å². The fraction of sp³-hybridized carbons (Fsp3) is 0.400. The molecule has 0 unspecified atom stereocenters. The number of hydrogen-bond donors (Lipinski definition) is 1. The number of anilines is 1. The Morgan fingerprint density at radius 2 is 1.86 bits per heavy atom. The number of hydrogen-bond acceptors (Lipinski definition) is 6. The maximum absolute atomic E-state index is 6.24. The van der Waals surface area contributed by atoms with Gasteiger partial charge >= 0.3 is 0 Å². The number of nitrogens with zero attached hydrogens (tertiary/aromatic N) is 1. The van der Waals surface area contributed by atoms with Crippen molar-refractivity contribution in [1.82, 2.24) is 4.98 Å². The average Bonchev–Trinajstić information content (AvgIpc) is 2.52. The van der Waals surface area contributed by atoms with Gasteiger partial charge in [0.15, 0.2) is 17.8 Å². The Morgan fingerprint density at radius 1 is 1.14 bits per heavy atom. The topological polar surface area (TPSA) is 75.8 Å². The van der Waals surface area contributed by atoms with Gasteiger partial charge in [0.25, 0.3) is 0 Å². The number of nitrogens with two attached hydrogens (primary N) is 1. The lowest BCUT2D eigenvalue weighted by atomic mass is 10.0. The molecule has 0 saturated carbocycles. The van der Waals surface area contributed by atoms with E-state index < -0.39 is 0 Å². The minimum atomic E-state index is -0.379.